The van der Waals surface area contributed by atoms with Gasteiger partial charge in [-0.3, -0.25) is 0 Å². The molecule has 1 aliphatic rings. The van der Waals surface area contributed by atoms with Crippen molar-refractivity contribution in [2.45, 2.75) is 70.8 Å². The van der Waals surface area contributed by atoms with Crippen LogP contribution in [0.2, 0.25) is 0 Å². The van der Waals surface area contributed by atoms with E-state index in [1.807, 2.05) is 0 Å². The van der Waals surface area contributed by atoms with Crippen LogP contribution in [0.25, 0.3) is 0 Å². The van der Waals surface area contributed by atoms with Crippen LogP contribution in [-0.2, 0) is 6.42 Å². The summed E-state index contributed by atoms with van der Waals surface area (Å²) in [6.45, 7) is 2.16. The molecule has 0 amide bonds. The molecular formula is C15H27N5. The van der Waals surface area contributed by atoms with Crippen LogP contribution in [0.4, 0.5) is 11.6 Å². The molecule has 1 aromatic rings. The van der Waals surface area contributed by atoms with E-state index in [9.17, 15) is 0 Å². The Kier molecular flexibility index (Phi) is 6.05. The fraction of sp³-hybridized carbons (Fsp3) is 0.733. The summed E-state index contributed by atoms with van der Waals surface area (Å²) in [5, 5.41) is 3.63. The van der Waals surface area contributed by atoms with Crippen molar-refractivity contribution < 1.29 is 0 Å². The number of aromatic nitrogens is 2. The van der Waals surface area contributed by atoms with E-state index in [-0.39, 0.29) is 0 Å². The van der Waals surface area contributed by atoms with E-state index >= 15 is 0 Å². The minimum atomic E-state index is 0.534. The Labute approximate surface area is 121 Å². The predicted molar refractivity (Wildman–Crippen MR) is 83.6 cm³/mol. The zero-order chi connectivity index (χ0) is 14.2. The zero-order valence-electron chi connectivity index (χ0n) is 12.5. The Balaban J connectivity index is 2.10. The van der Waals surface area contributed by atoms with Crippen LogP contribution in [0.3, 0.4) is 0 Å². The van der Waals surface area contributed by atoms with Crippen molar-refractivity contribution in [3.63, 3.8) is 0 Å². The molecule has 1 heterocycles. The average Bonchev–Trinajstić information content (AvgIpc) is 2.43. The van der Waals surface area contributed by atoms with Crippen molar-refractivity contribution in [1.29, 1.82) is 0 Å². The summed E-state index contributed by atoms with van der Waals surface area (Å²) < 4.78 is 0. The molecule has 0 unspecified atom stereocenters. The van der Waals surface area contributed by atoms with Crippen molar-refractivity contribution in [2.24, 2.45) is 5.84 Å². The second-order valence-corrected chi connectivity index (χ2v) is 5.63. The molecule has 1 fully saturated rings. The summed E-state index contributed by atoms with van der Waals surface area (Å²) in [6.07, 6.45) is 12.8. The lowest BCUT2D eigenvalue weighted by Crippen LogP contribution is -2.23. The number of nitrogens with zero attached hydrogens (tertiary/aromatic N) is 2. The molecule has 1 aromatic heterocycles. The van der Waals surface area contributed by atoms with Crippen LogP contribution >= 0.6 is 0 Å². The third kappa shape index (κ3) is 4.07. The lowest BCUT2D eigenvalue weighted by Gasteiger charge is -2.23. The molecule has 20 heavy (non-hydrogen) atoms. The topological polar surface area (TPSA) is 75.9 Å². The first kappa shape index (κ1) is 15.0. The summed E-state index contributed by atoms with van der Waals surface area (Å²) in [4.78, 5) is 8.65. The van der Waals surface area contributed by atoms with Crippen molar-refractivity contribution in [3.05, 3.63) is 11.9 Å². The highest BCUT2D eigenvalue weighted by molar-refractivity contribution is 5.57. The molecule has 0 bridgehead atoms. The molecule has 1 aliphatic carbocycles. The van der Waals surface area contributed by atoms with Crippen molar-refractivity contribution in [3.8, 4) is 0 Å². The minimum Gasteiger partial charge on any atom is -0.367 e. The number of hydrogen-bond donors (Lipinski definition) is 3. The summed E-state index contributed by atoms with van der Waals surface area (Å²) in [5.74, 6) is 7.26. The molecule has 2 rings (SSSR count). The number of nitrogens with two attached hydrogens (primary N) is 1. The lowest BCUT2D eigenvalue weighted by molar-refractivity contribution is 0.470. The monoisotopic (exact) mass is 277 g/mol. The molecule has 0 spiro atoms. The third-order valence-electron chi connectivity index (χ3n) is 4.03. The SMILES string of the molecule is CCCc1c(NN)ncnc1NC1CCCCCCC1. The highest BCUT2D eigenvalue weighted by Gasteiger charge is 2.15. The van der Waals surface area contributed by atoms with Gasteiger partial charge in [-0.15, -0.1) is 0 Å². The van der Waals surface area contributed by atoms with Crippen LogP contribution < -0.4 is 16.6 Å². The number of rotatable bonds is 5. The summed E-state index contributed by atoms with van der Waals surface area (Å²) in [6, 6.07) is 0.534. The number of hydrazine groups is 1. The highest BCUT2D eigenvalue weighted by atomic mass is 15.3. The number of nitrogen functional groups attached to an aromatic ring is 1. The molecule has 0 atom stereocenters. The van der Waals surface area contributed by atoms with Gasteiger partial charge in [0.15, 0.2) is 0 Å². The molecule has 1 saturated carbocycles. The van der Waals surface area contributed by atoms with Gasteiger partial charge in [-0.2, -0.15) is 0 Å². The van der Waals surface area contributed by atoms with Gasteiger partial charge in [0.25, 0.3) is 0 Å². The van der Waals surface area contributed by atoms with E-state index in [0.717, 1.165) is 30.0 Å². The van der Waals surface area contributed by atoms with Gasteiger partial charge in [-0.25, -0.2) is 15.8 Å². The molecule has 4 N–H and O–H groups in total. The van der Waals surface area contributed by atoms with Crippen LogP contribution in [0.1, 0.15) is 63.9 Å². The average molecular weight is 277 g/mol. The van der Waals surface area contributed by atoms with Crippen molar-refractivity contribution in [2.75, 3.05) is 10.7 Å². The normalized spacial score (nSPS) is 17.3. The third-order valence-corrected chi connectivity index (χ3v) is 4.03. The fourth-order valence-electron chi connectivity index (χ4n) is 2.94. The van der Waals surface area contributed by atoms with Crippen molar-refractivity contribution >= 4 is 11.6 Å². The van der Waals surface area contributed by atoms with Crippen LogP contribution in [0, 0.1) is 0 Å². The first-order valence-corrected chi connectivity index (χ1v) is 7.92. The van der Waals surface area contributed by atoms with Gasteiger partial charge in [-0.1, -0.05) is 45.4 Å². The highest BCUT2D eigenvalue weighted by Crippen LogP contribution is 2.25. The van der Waals surface area contributed by atoms with Gasteiger partial charge in [0, 0.05) is 11.6 Å². The van der Waals surface area contributed by atoms with E-state index < -0.39 is 0 Å². The quantitative estimate of drug-likeness (QED) is 0.569. The smallest absolute Gasteiger partial charge is 0.148 e. The standard InChI is InChI=1S/C15H27N5/c1-2-8-13-14(17-11-18-15(13)20-16)19-12-9-6-4-3-5-7-10-12/h11-12H,2-10,16H2,1H3,(H2,17,18,19,20). The number of hydrogen-bond acceptors (Lipinski definition) is 5. The van der Waals surface area contributed by atoms with Crippen LogP contribution in [-0.4, -0.2) is 16.0 Å². The van der Waals surface area contributed by atoms with Crippen molar-refractivity contribution in [1.82, 2.24) is 9.97 Å². The van der Waals surface area contributed by atoms with E-state index in [0.29, 0.717) is 6.04 Å². The maximum atomic E-state index is 5.56. The predicted octanol–water partition coefficient (Wildman–Crippen LogP) is 3.24. The van der Waals surface area contributed by atoms with Gasteiger partial charge in [0.2, 0.25) is 0 Å². The first-order valence-electron chi connectivity index (χ1n) is 7.92. The molecule has 5 heteroatoms. The summed E-state index contributed by atoms with van der Waals surface area (Å²) in [7, 11) is 0. The Hall–Kier alpha value is -1.36. The first-order chi connectivity index (χ1) is 9.85. The fourth-order valence-corrected chi connectivity index (χ4v) is 2.94. The second-order valence-electron chi connectivity index (χ2n) is 5.63. The second kappa shape index (κ2) is 8.04. The van der Waals surface area contributed by atoms with E-state index in [4.69, 9.17) is 5.84 Å². The van der Waals surface area contributed by atoms with Gasteiger partial charge < -0.3 is 10.7 Å². The van der Waals surface area contributed by atoms with Gasteiger partial charge >= 0.3 is 0 Å². The molecule has 112 valence electrons. The Morgan fingerprint density at radius 3 is 2.40 bits per heavy atom. The molecule has 0 saturated heterocycles. The summed E-state index contributed by atoms with van der Waals surface area (Å²) >= 11 is 0. The number of nitrogens with one attached hydrogen (secondary N) is 2. The maximum Gasteiger partial charge on any atom is 0.148 e. The Bertz CT molecular complexity index is 399. The van der Waals surface area contributed by atoms with Crippen LogP contribution in [0.15, 0.2) is 6.33 Å². The van der Waals surface area contributed by atoms with E-state index in [2.05, 4.69) is 27.6 Å². The number of anilines is 2. The van der Waals surface area contributed by atoms with Gasteiger partial charge in [-0.05, 0) is 19.3 Å². The Morgan fingerprint density at radius 1 is 1.10 bits per heavy atom. The molecular weight excluding hydrogens is 250 g/mol. The molecule has 0 aliphatic heterocycles. The van der Waals surface area contributed by atoms with Crippen LogP contribution in [0.5, 0.6) is 0 Å². The molecule has 5 nitrogen and oxygen atoms in total. The molecule has 0 aromatic carbocycles. The van der Waals surface area contributed by atoms with E-state index in [1.54, 1.807) is 6.33 Å². The van der Waals surface area contributed by atoms with E-state index in [1.165, 1.54) is 44.9 Å². The lowest BCUT2D eigenvalue weighted by atomic mass is 9.96. The Morgan fingerprint density at radius 2 is 1.75 bits per heavy atom. The maximum absolute atomic E-state index is 5.56. The minimum absolute atomic E-state index is 0.534. The van der Waals surface area contributed by atoms with Gasteiger partial charge in [0.1, 0.15) is 18.0 Å². The summed E-state index contributed by atoms with van der Waals surface area (Å²) in [5.41, 5.74) is 3.80. The largest absolute Gasteiger partial charge is 0.367 e. The molecule has 0 radical (unpaired) electrons. The van der Waals surface area contributed by atoms with Gasteiger partial charge in [0.05, 0.1) is 0 Å². The zero-order valence-corrected chi connectivity index (χ0v) is 12.5.